The van der Waals surface area contributed by atoms with Crippen molar-refractivity contribution in [1.29, 1.82) is 0 Å². The molecular formula is C36H51N3O5. The van der Waals surface area contributed by atoms with Crippen LogP contribution in [0.2, 0.25) is 0 Å². The van der Waals surface area contributed by atoms with Crippen molar-refractivity contribution in [3.63, 3.8) is 0 Å². The summed E-state index contributed by atoms with van der Waals surface area (Å²) in [5.74, 6) is -1.68. The van der Waals surface area contributed by atoms with E-state index in [9.17, 15) is 19.5 Å². The van der Waals surface area contributed by atoms with E-state index in [0.29, 0.717) is 58.3 Å². The van der Waals surface area contributed by atoms with Crippen molar-refractivity contribution < 1.29 is 24.2 Å². The third-order valence-corrected chi connectivity index (χ3v) is 10.7. The molecule has 0 aromatic heterocycles. The van der Waals surface area contributed by atoms with E-state index in [1.807, 2.05) is 42.2 Å². The van der Waals surface area contributed by atoms with Crippen LogP contribution >= 0.6 is 0 Å². The van der Waals surface area contributed by atoms with Gasteiger partial charge in [0.15, 0.2) is 0 Å². The lowest BCUT2D eigenvalue weighted by Crippen LogP contribution is -2.58. The molecule has 3 saturated heterocycles. The molecule has 1 aromatic rings. The molecule has 4 fully saturated rings. The second-order valence-corrected chi connectivity index (χ2v) is 13.2. The Kier molecular flexibility index (Phi) is 10.3. The topological polar surface area (TPSA) is 90.4 Å². The standard InChI is InChI=1S/C36H51N3O5/c1-4-22-37(26-27-16-10-7-11-17-27)32(41)29-30-33(42)39(24-14-9-15-25-40)31(36(30)21-20-35(29,6-3)44-36)34(43)38(23-5-2)28-18-12-8-13-19-28/h4-5,7,10-11,16-17,28-31,40H,1-2,6,8-9,12-15,18-26H2,3H3/t29-,30+,31?,35+,36?/m1/s1. The minimum absolute atomic E-state index is 0.0676. The number of hydrogen-bond acceptors (Lipinski definition) is 5. The molecule has 1 saturated carbocycles. The number of likely N-dealkylation sites (tertiary alicyclic amines) is 1. The van der Waals surface area contributed by atoms with Gasteiger partial charge >= 0.3 is 0 Å². The third kappa shape index (κ3) is 5.76. The van der Waals surface area contributed by atoms with Crippen molar-refractivity contribution in [3.05, 3.63) is 61.2 Å². The Morgan fingerprint density at radius 1 is 1.02 bits per heavy atom. The first-order valence-corrected chi connectivity index (χ1v) is 16.8. The molecule has 44 heavy (non-hydrogen) atoms. The number of fused-ring (bicyclic) bond motifs is 1. The van der Waals surface area contributed by atoms with Gasteiger partial charge in [-0.25, -0.2) is 0 Å². The maximum Gasteiger partial charge on any atom is 0.248 e. The Labute approximate surface area is 263 Å². The summed E-state index contributed by atoms with van der Waals surface area (Å²) in [4.78, 5) is 49.6. The number of aliphatic hydroxyl groups is 1. The van der Waals surface area contributed by atoms with Crippen molar-refractivity contribution in [1.82, 2.24) is 14.7 Å². The number of benzene rings is 1. The molecule has 1 aliphatic carbocycles. The quantitative estimate of drug-likeness (QED) is 0.228. The lowest BCUT2D eigenvalue weighted by molar-refractivity contribution is -0.156. The molecule has 240 valence electrons. The fourth-order valence-electron chi connectivity index (χ4n) is 8.68. The maximum absolute atomic E-state index is 14.8. The van der Waals surface area contributed by atoms with Crippen molar-refractivity contribution in [3.8, 4) is 0 Å². The molecule has 5 atom stereocenters. The molecule has 0 radical (unpaired) electrons. The van der Waals surface area contributed by atoms with E-state index in [4.69, 9.17) is 4.74 Å². The van der Waals surface area contributed by atoms with E-state index >= 15 is 0 Å². The summed E-state index contributed by atoms with van der Waals surface area (Å²) in [6.45, 7) is 11.6. The number of rotatable bonds is 15. The van der Waals surface area contributed by atoms with Crippen LogP contribution in [0.15, 0.2) is 55.6 Å². The second kappa shape index (κ2) is 14.0. The van der Waals surface area contributed by atoms with Crippen LogP contribution in [0.4, 0.5) is 0 Å². The molecular weight excluding hydrogens is 554 g/mol. The number of unbranched alkanes of at least 4 members (excludes halogenated alkanes) is 2. The molecule has 3 amide bonds. The molecule has 4 aliphatic rings. The SMILES string of the molecule is C=CCN(Cc1ccccc1)C(=O)[C@H]1[C@H]2C(=O)N(CCCCCO)C(C(=O)N(CC=C)C3CCCCC3)C23CC[C@]1(CC)O3. The molecule has 8 heteroatoms. The minimum atomic E-state index is -1.04. The number of carbonyl (C=O) groups is 3. The first kappa shape index (κ1) is 32.4. The molecule has 2 unspecified atom stereocenters. The van der Waals surface area contributed by atoms with Gasteiger partial charge in [0.2, 0.25) is 17.7 Å². The van der Waals surface area contributed by atoms with Gasteiger partial charge in [0.1, 0.15) is 11.6 Å². The molecule has 8 nitrogen and oxygen atoms in total. The highest BCUT2D eigenvalue weighted by Gasteiger charge is 2.79. The van der Waals surface area contributed by atoms with Gasteiger partial charge in [0.05, 0.1) is 17.4 Å². The van der Waals surface area contributed by atoms with Crippen molar-refractivity contribution in [2.45, 2.75) is 107 Å². The molecule has 5 rings (SSSR count). The number of aliphatic hydroxyl groups excluding tert-OH is 1. The van der Waals surface area contributed by atoms with Crippen LogP contribution in [0.5, 0.6) is 0 Å². The fraction of sp³-hybridized carbons (Fsp3) is 0.639. The zero-order valence-electron chi connectivity index (χ0n) is 26.5. The first-order chi connectivity index (χ1) is 21.4. The van der Waals surface area contributed by atoms with E-state index in [1.54, 1.807) is 22.0 Å². The van der Waals surface area contributed by atoms with Gasteiger partial charge in [-0.05, 0) is 56.9 Å². The van der Waals surface area contributed by atoms with Crippen LogP contribution in [-0.2, 0) is 25.7 Å². The van der Waals surface area contributed by atoms with Gasteiger partial charge in [-0.15, -0.1) is 13.2 Å². The monoisotopic (exact) mass is 605 g/mol. The molecule has 1 N–H and O–H groups in total. The first-order valence-electron chi connectivity index (χ1n) is 16.8. The summed E-state index contributed by atoms with van der Waals surface area (Å²) in [5.41, 5.74) is -0.818. The average Bonchev–Trinajstić information content (AvgIpc) is 3.65. The van der Waals surface area contributed by atoms with E-state index in [1.165, 1.54) is 6.42 Å². The lowest BCUT2D eigenvalue weighted by Gasteiger charge is -2.41. The summed E-state index contributed by atoms with van der Waals surface area (Å²) in [5, 5.41) is 9.38. The van der Waals surface area contributed by atoms with Crippen LogP contribution in [0.1, 0.15) is 83.1 Å². The molecule has 1 aromatic carbocycles. The normalized spacial score (nSPS) is 29.5. The van der Waals surface area contributed by atoms with Crippen molar-refractivity contribution in [2.75, 3.05) is 26.2 Å². The van der Waals surface area contributed by atoms with Crippen LogP contribution in [0, 0.1) is 11.8 Å². The van der Waals surface area contributed by atoms with Crippen LogP contribution in [0.25, 0.3) is 0 Å². The average molecular weight is 606 g/mol. The number of carbonyl (C=O) groups excluding carboxylic acids is 3. The Balaban J connectivity index is 1.53. The van der Waals surface area contributed by atoms with Crippen LogP contribution in [0.3, 0.4) is 0 Å². The predicted octanol–water partition coefficient (Wildman–Crippen LogP) is 4.87. The number of hydrogen-bond donors (Lipinski definition) is 1. The number of ether oxygens (including phenoxy) is 1. The van der Waals surface area contributed by atoms with E-state index in [-0.39, 0.29) is 30.4 Å². The second-order valence-electron chi connectivity index (χ2n) is 13.2. The van der Waals surface area contributed by atoms with E-state index in [2.05, 4.69) is 13.2 Å². The Morgan fingerprint density at radius 2 is 1.75 bits per heavy atom. The van der Waals surface area contributed by atoms with Crippen LogP contribution in [-0.4, -0.2) is 87.1 Å². The summed E-state index contributed by atoms with van der Waals surface area (Å²) in [7, 11) is 0. The van der Waals surface area contributed by atoms with Crippen LogP contribution < -0.4 is 0 Å². The molecule has 2 bridgehead atoms. The number of nitrogens with zero attached hydrogens (tertiary/aromatic N) is 3. The maximum atomic E-state index is 14.8. The molecule has 1 spiro atoms. The summed E-state index contributed by atoms with van der Waals surface area (Å²) >= 11 is 0. The Hall–Kier alpha value is -2.97. The highest BCUT2D eigenvalue weighted by Crippen LogP contribution is 2.64. The summed E-state index contributed by atoms with van der Waals surface area (Å²) < 4.78 is 7.06. The summed E-state index contributed by atoms with van der Waals surface area (Å²) in [6.07, 6.45) is 12.7. The zero-order chi connectivity index (χ0) is 31.3. The largest absolute Gasteiger partial charge is 0.396 e. The minimum Gasteiger partial charge on any atom is -0.396 e. The van der Waals surface area contributed by atoms with E-state index in [0.717, 1.165) is 37.7 Å². The smallest absolute Gasteiger partial charge is 0.248 e. The Bertz CT molecular complexity index is 1200. The molecule has 3 aliphatic heterocycles. The van der Waals surface area contributed by atoms with Gasteiger partial charge in [0, 0.05) is 38.8 Å². The third-order valence-electron chi connectivity index (χ3n) is 10.7. The lowest BCUT2D eigenvalue weighted by atomic mass is 9.64. The zero-order valence-corrected chi connectivity index (χ0v) is 26.5. The Morgan fingerprint density at radius 3 is 2.41 bits per heavy atom. The van der Waals surface area contributed by atoms with Crippen molar-refractivity contribution >= 4 is 17.7 Å². The highest BCUT2D eigenvalue weighted by molar-refractivity contribution is 5.99. The van der Waals surface area contributed by atoms with Gasteiger partial charge < -0.3 is 24.5 Å². The number of amides is 3. The van der Waals surface area contributed by atoms with Gasteiger partial charge in [-0.2, -0.15) is 0 Å². The van der Waals surface area contributed by atoms with Gasteiger partial charge in [-0.1, -0.05) is 68.7 Å². The van der Waals surface area contributed by atoms with Crippen molar-refractivity contribution in [2.24, 2.45) is 11.8 Å². The predicted molar refractivity (Wildman–Crippen MR) is 170 cm³/mol. The highest BCUT2D eigenvalue weighted by atomic mass is 16.5. The van der Waals surface area contributed by atoms with Gasteiger partial charge in [-0.3, -0.25) is 14.4 Å². The fourth-order valence-corrected chi connectivity index (χ4v) is 8.68. The molecule has 3 heterocycles. The van der Waals surface area contributed by atoms with Gasteiger partial charge in [0.25, 0.3) is 0 Å². The van der Waals surface area contributed by atoms with E-state index < -0.39 is 29.1 Å². The summed E-state index contributed by atoms with van der Waals surface area (Å²) in [6, 6.07) is 9.21.